The van der Waals surface area contributed by atoms with E-state index in [4.69, 9.17) is 0 Å². The van der Waals surface area contributed by atoms with Gasteiger partial charge in [-0.3, -0.25) is 0 Å². The van der Waals surface area contributed by atoms with Crippen molar-refractivity contribution in [1.29, 1.82) is 0 Å². The van der Waals surface area contributed by atoms with E-state index < -0.39 is 0 Å². The molecule has 1 rings (SSSR count). The summed E-state index contributed by atoms with van der Waals surface area (Å²) >= 11 is 0. The third-order valence-electron chi connectivity index (χ3n) is 2.89. The molecular formula is C14H23. The predicted octanol–water partition coefficient (Wildman–Crippen LogP) is 4.40. The van der Waals surface area contributed by atoms with Gasteiger partial charge in [-0.05, 0) is 42.2 Å². The lowest BCUT2D eigenvalue weighted by atomic mass is 9.77. The molecule has 0 heteroatoms. The number of allylic oxidation sites excluding steroid dienone is 4. The van der Waals surface area contributed by atoms with Gasteiger partial charge in [0.25, 0.3) is 0 Å². The Morgan fingerprint density at radius 1 is 1.07 bits per heavy atom. The van der Waals surface area contributed by atoms with E-state index in [0.29, 0.717) is 17.8 Å². The minimum Gasteiger partial charge on any atom is -0.0773 e. The van der Waals surface area contributed by atoms with Crippen molar-refractivity contribution in [3.8, 4) is 0 Å². The number of hydrogen-bond acceptors (Lipinski definition) is 0. The average Bonchev–Trinajstić information content (AvgIpc) is 2.01. The molecule has 1 unspecified atom stereocenters. The van der Waals surface area contributed by atoms with Gasteiger partial charge >= 0.3 is 0 Å². The Morgan fingerprint density at radius 2 is 1.64 bits per heavy atom. The summed E-state index contributed by atoms with van der Waals surface area (Å²) in [5.41, 5.74) is 4.62. The first-order chi connectivity index (χ1) is 6.43. The second-order valence-electron chi connectivity index (χ2n) is 5.05. The van der Waals surface area contributed by atoms with Gasteiger partial charge in [-0.2, -0.15) is 0 Å². The maximum absolute atomic E-state index is 2.42. The maximum Gasteiger partial charge on any atom is -0.00681 e. The van der Waals surface area contributed by atoms with E-state index in [0.717, 1.165) is 0 Å². The Bertz CT molecular complexity index is 264. The first-order valence-electron chi connectivity index (χ1n) is 5.71. The number of hydrogen-bond donors (Lipinski definition) is 0. The molecule has 0 aromatic carbocycles. The summed E-state index contributed by atoms with van der Waals surface area (Å²) in [5.74, 6) is 1.90. The lowest BCUT2D eigenvalue weighted by Gasteiger charge is -2.28. The molecule has 0 N–H and O–H groups in total. The van der Waals surface area contributed by atoms with Gasteiger partial charge in [0, 0.05) is 0 Å². The quantitative estimate of drug-likeness (QED) is 0.607. The summed E-state index contributed by atoms with van der Waals surface area (Å²) in [5, 5.41) is 0. The Hall–Kier alpha value is -0.520. The van der Waals surface area contributed by atoms with Crippen LogP contribution in [0.4, 0.5) is 0 Å². The molecule has 1 radical (unpaired) electrons. The van der Waals surface area contributed by atoms with Crippen molar-refractivity contribution < 1.29 is 0 Å². The topological polar surface area (TPSA) is 0 Å². The highest BCUT2D eigenvalue weighted by molar-refractivity contribution is 5.44. The molecule has 0 aromatic heterocycles. The van der Waals surface area contributed by atoms with E-state index in [9.17, 15) is 0 Å². The van der Waals surface area contributed by atoms with Crippen molar-refractivity contribution in [2.24, 2.45) is 17.8 Å². The van der Waals surface area contributed by atoms with E-state index in [-0.39, 0.29) is 0 Å². The Morgan fingerprint density at radius 3 is 2.07 bits per heavy atom. The number of rotatable bonds is 2. The second-order valence-corrected chi connectivity index (χ2v) is 5.05. The molecular weight excluding hydrogens is 168 g/mol. The summed E-state index contributed by atoms with van der Waals surface area (Å²) in [6.45, 7) is 13.7. The van der Waals surface area contributed by atoms with Crippen LogP contribution in [0.2, 0.25) is 0 Å². The molecule has 1 aliphatic rings. The SMILES string of the molecule is CC1=C(C(C)C)C(C(C)C)=CC(C)[CH]1. The Labute approximate surface area is 89.1 Å². The lowest BCUT2D eigenvalue weighted by Crippen LogP contribution is -2.14. The van der Waals surface area contributed by atoms with Crippen LogP contribution >= 0.6 is 0 Å². The van der Waals surface area contributed by atoms with Gasteiger partial charge in [0.05, 0.1) is 0 Å². The van der Waals surface area contributed by atoms with E-state index in [1.54, 1.807) is 11.1 Å². The van der Waals surface area contributed by atoms with E-state index >= 15 is 0 Å². The third kappa shape index (κ3) is 2.29. The van der Waals surface area contributed by atoms with Gasteiger partial charge in [-0.1, -0.05) is 46.3 Å². The summed E-state index contributed by atoms with van der Waals surface area (Å²) in [6, 6.07) is 0. The van der Waals surface area contributed by atoms with Crippen molar-refractivity contribution >= 4 is 0 Å². The van der Waals surface area contributed by atoms with Crippen LogP contribution in [0.1, 0.15) is 41.5 Å². The van der Waals surface area contributed by atoms with E-state index in [2.05, 4.69) is 54.0 Å². The highest BCUT2D eigenvalue weighted by atomic mass is 14.3. The largest absolute Gasteiger partial charge is 0.0773 e. The van der Waals surface area contributed by atoms with Gasteiger partial charge < -0.3 is 0 Å². The molecule has 0 fully saturated rings. The fraction of sp³-hybridized carbons (Fsp3) is 0.643. The van der Waals surface area contributed by atoms with Crippen LogP contribution < -0.4 is 0 Å². The molecule has 0 spiro atoms. The fourth-order valence-corrected chi connectivity index (χ4v) is 2.43. The zero-order chi connectivity index (χ0) is 10.9. The Kier molecular flexibility index (Phi) is 3.58. The van der Waals surface area contributed by atoms with Crippen molar-refractivity contribution in [3.63, 3.8) is 0 Å². The summed E-state index contributed by atoms with van der Waals surface area (Å²) in [4.78, 5) is 0. The highest BCUT2D eigenvalue weighted by Gasteiger charge is 2.21. The Balaban J connectivity index is 3.08. The predicted molar refractivity (Wildman–Crippen MR) is 63.9 cm³/mol. The molecule has 0 aromatic rings. The van der Waals surface area contributed by atoms with Gasteiger partial charge in [0.15, 0.2) is 0 Å². The van der Waals surface area contributed by atoms with Crippen LogP contribution in [0.15, 0.2) is 22.8 Å². The fourth-order valence-electron chi connectivity index (χ4n) is 2.43. The van der Waals surface area contributed by atoms with Crippen molar-refractivity contribution in [2.45, 2.75) is 41.5 Å². The van der Waals surface area contributed by atoms with Gasteiger partial charge in [0.1, 0.15) is 0 Å². The normalized spacial score (nSPS) is 23.4. The standard InChI is InChI=1S/C14H23/c1-9(2)13-8-11(5)7-12(6)14(13)10(3)4/h7-11H,1-6H3. The van der Waals surface area contributed by atoms with Gasteiger partial charge in [-0.25, -0.2) is 0 Å². The summed E-state index contributed by atoms with van der Waals surface area (Å²) in [7, 11) is 0. The van der Waals surface area contributed by atoms with Crippen LogP contribution in [0, 0.1) is 24.2 Å². The van der Waals surface area contributed by atoms with Crippen LogP contribution in [0.3, 0.4) is 0 Å². The summed E-state index contributed by atoms with van der Waals surface area (Å²) < 4.78 is 0. The molecule has 0 amide bonds. The zero-order valence-corrected chi connectivity index (χ0v) is 10.4. The molecule has 0 aliphatic heterocycles. The van der Waals surface area contributed by atoms with Crippen molar-refractivity contribution in [1.82, 2.24) is 0 Å². The molecule has 0 saturated carbocycles. The zero-order valence-electron chi connectivity index (χ0n) is 10.4. The molecule has 14 heavy (non-hydrogen) atoms. The average molecular weight is 191 g/mol. The maximum atomic E-state index is 2.42. The van der Waals surface area contributed by atoms with E-state index in [1.807, 2.05) is 0 Å². The molecule has 1 atom stereocenters. The molecule has 0 bridgehead atoms. The van der Waals surface area contributed by atoms with Crippen molar-refractivity contribution in [2.75, 3.05) is 0 Å². The van der Waals surface area contributed by atoms with Gasteiger partial charge in [-0.15, -0.1) is 0 Å². The van der Waals surface area contributed by atoms with Crippen LogP contribution in [-0.4, -0.2) is 0 Å². The molecule has 1 aliphatic carbocycles. The second kappa shape index (κ2) is 4.33. The molecule has 0 heterocycles. The van der Waals surface area contributed by atoms with E-state index in [1.165, 1.54) is 5.57 Å². The van der Waals surface area contributed by atoms with Gasteiger partial charge in [0.2, 0.25) is 0 Å². The monoisotopic (exact) mass is 191 g/mol. The molecule has 0 nitrogen and oxygen atoms in total. The first kappa shape index (κ1) is 11.6. The highest BCUT2D eigenvalue weighted by Crippen LogP contribution is 2.36. The van der Waals surface area contributed by atoms with Crippen LogP contribution in [0.25, 0.3) is 0 Å². The molecule has 79 valence electrons. The minimum absolute atomic E-state index is 0.606. The third-order valence-corrected chi connectivity index (χ3v) is 2.89. The first-order valence-corrected chi connectivity index (χ1v) is 5.71. The smallest absolute Gasteiger partial charge is 0.00681 e. The van der Waals surface area contributed by atoms with Crippen LogP contribution in [-0.2, 0) is 0 Å². The van der Waals surface area contributed by atoms with Crippen LogP contribution in [0.5, 0.6) is 0 Å². The minimum atomic E-state index is 0.606. The lowest BCUT2D eigenvalue weighted by molar-refractivity contribution is 0.661. The molecule has 0 saturated heterocycles. The van der Waals surface area contributed by atoms with Crippen molar-refractivity contribution in [3.05, 3.63) is 29.2 Å². The summed E-state index contributed by atoms with van der Waals surface area (Å²) in [6.07, 6.45) is 4.80.